The van der Waals surface area contributed by atoms with Crippen LogP contribution >= 0.6 is 0 Å². The van der Waals surface area contributed by atoms with E-state index in [1.807, 2.05) is 6.92 Å². The number of hydrogen-bond donors (Lipinski definition) is 2. The molecule has 1 unspecified atom stereocenters. The van der Waals surface area contributed by atoms with Crippen LogP contribution in [0.2, 0.25) is 0 Å². The number of benzene rings is 1. The van der Waals surface area contributed by atoms with E-state index in [0.29, 0.717) is 12.1 Å². The highest BCUT2D eigenvalue weighted by Gasteiger charge is 2.16. The molecule has 2 N–H and O–H groups in total. The largest absolute Gasteiger partial charge is 0.481 e. The molecular formula is C12H15NO3. The Morgan fingerprint density at radius 3 is 2.25 bits per heavy atom. The number of nitrogens with one attached hydrogen (secondary N) is 1. The van der Waals surface area contributed by atoms with Crippen LogP contribution < -0.4 is 5.32 Å². The van der Waals surface area contributed by atoms with Crippen molar-refractivity contribution >= 4 is 17.6 Å². The number of carbonyl (C=O) groups is 2. The van der Waals surface area contributed by atoms with E-state index in [0.717, 1.165) is 5.56 Å². The Morgan fingerprint density at radius 1 is 1.31 bits per heavy atom. The predicted molar refractivity (Wildman–Crippen MR) is 61.4 cm³/mol. The molecule has 1 aromatic rings. The van der Waals surface area contributed by atoms with Gasteiger partial charge in [0.05, 0.1) is 5.92 Å². The van der Waals surface area contributed by atoms with Crippen molar-refractivity contribution in [2.75, 3.05) is 5.32 Å². The second-order valence-electron chi connectivity index (χ2n) is 3.60. The summed E-state index contributed by atoms with van der Waals surface area (Å²) in [5.74, 6) is -1.45. The zero-order valence-corrected chi connectivity index (χ0v) is 9.36. The van der Waals surface area contributed by atoms with Gasteiger partial charge in [0, 0.05) is 12.6 Å². The summed E-state index contributed by atoms with van der Waals surface area (Å²) < 4.78 is 0. The second-order valence-corrected chi connectivity index (χ2v) is 3.60. The molecule has 4 nitrogen and oxygen atoms in total. The molecule has 1 amide bonds. The summed E-state index contributed by atoms with van der Waals surface area (Å²) in [4.78, 5) is 21.7. The molecule has 0 heterocycles. The Hall–Kier alpha value is -1.84. The van der Waals surface area contributed by atoms with E-state index in [2.05, 4.69) is 5.32 Å². The third-order valence-corrected chi connectivity index (χ3v) is 2.34. The fourth-order valence-electron chi connectivity index (χ4n) is 1.55. The predicted octanol–water partition coefficient (Wildman–Crippen LogP) is 2.22. The van der Waals surface area contributed by atoms with Gasteiger partial charge in [-0.2, -0.15) is 0 Å². The molecule has 0 aliphatic heterocycles. The lowest BCUT2D eigenvalue weighted by molar-refractivity contribution is -0.138. The van der Waals surface area contributed by atoms with Gasteiger partial charge in [-0.1, -0.05) is 19.1 Å². The number of carboxylic acids is 1. The topological polar surface area (TPSA) is 66.4 Å². The van der Waals surface area contributed by atoms with Crippen LogP contribution in [0.25, 0.3) is 0 Å². The summed E-state index contributed by atoms with van der Waals surface area (Å²) in [6.45, 7) is 3.26. The van der Waals surface area contributed by atoms with E-state index >= 15 is 0 Å². The second kappa shape index (κ2) is 5.30. The van der Waals surface area contributed by atoms with Crippen molar-refractivity contribution in [2.24, 2.45) is 0 Å². The van der Waals surface area contributed by atoms with E-state index in [1.165, 1.54) is 6.92 Å². The zero-order chi connectivity index (χ0) is 12.1. The summed E-state index contributed by atoms with van der Waals surface area (Å²) >= 11 is 0. The smallest absolute Gasteiger partial charge is 0.310 e. The number of carbonyl (C=O) groups excluding carboxylic acids is 1. The first-order valence-electron chi connectivity index (χ1n) is 5.15. The average Bonchev–Trinajstić information content (AvgIpc) is 2.20. The van der Waals surface area contributed by atoms with Gasteiger partial charge in [0.2, 0.25) is 5.91 Å². The van der Waals surface area contributed by atoms with Gasteiger partial charge < -0.3 is 10.4 Å². The van der Waals surface area contributed by atoms with Crippen molar-refractivity contribution in [3.05, 3.63) is 29.8 Å². The molecule has 4 heteroatoms. The first-order valence-corrected chi connectivity index (χ1v) is 5.15. The number of rotatable bonds is 4. The maximum atomic E-state index is 10.9. The fraction of sp³-hybridized carbons (Fsp3) is 0.333. The molecule has 0 saturated heterocycles. The van der Waals surface area contributed by atoms with Crippen LogP contribution in [-0.2, 0) is 9.59 Å². The highest BCUT2D eigenvalue weighted by atomic mass is 16.4. The Balaban J connectivity index is 2.85. The molecule has 1 aromatic carbocycles. The maximum Gasteiger partial charge on any atom is 0.310 e. The average molecular weight is 221 g/mol. The van der Waals surface area contributed by atoms with Crippen LogP contribution in [0.1, 0.15) is 31.7 Å². The van der Waals surface area contributed by atoms with Crippen LogP contribution in [0.15, 0.2) is 24.3 Å². The molecule has 16 heavy (non-hydrogen) atoms. The summed E-state index contributed by atoms with van der Waals surface area (Å²) in [6, 6.07) is 6.88. The van der Waals surface area contributed by atoms with Gasteiger partial charge in [-0.15, -0.1) is 0 Å². The molecule has 0 radical (unpaired) electrons. The van der Waals surface area contributed by atoms with Crippen molar-refractivity contribution in [3.63, 3.8) is 0 Å². The minimum absolute atomic E-state index is 0.141. The lowest BCUT2D eigenvalue weighted by Crippen LogP contribution is -2.11. The maximum absolute atomic E-state index is 10.9. The van der Waals surface area contributed by atoms with Gasteiger partial charge in [0.1, 0.15) is 0 Å². The van der Waals surface area contributed by atoms with E-state index < -0.39 is 11.9 Å². The minimum atomic E-state index is -0.824. The quantitative estimate of drug-likeness (QED) is 0.819. The monoisotopic (exact) mass is 221 g/mol. The van der Waals surface area contributed by atoms with Crippen molar-refractivity contribution < 1.29 is 14.7 Å². The molecule has 0 bridgehead atoms. The Labute approximate surface area is 94.3 Å². The normalized spacial score (nSPS) is 11.9. The van der Waals surface area contributed by atoms with Gasteiger partial charge in [0.25, 0.3) is 0 Å². The molecule has 0 aliphatic carbocycles. The van der Waals surface area contributed by atoms with Gasteiger partial charge in [-0.25, -0.2) is 0 Å². The molecule has 1 atom stereocenters. The Kier molecular flexibility index (Phi) is 4.05. The zero-order valence-electron chi connectivity index (χ0n) is 9.36. The van der Waals surface area contributed by atoms with Gasteiger partial charge >= 0.3 is 5.97 Å². The number of aliphatic carboxylic acids is 1. The number of carboxylic acid groups (broad SMARTS) is 1. The third-order valence-electron chi connectivity index (χ3n) is 2.34. The molecule has 0 fully saturated rings. The Bertz CT molecular complexity index is 384. The van der Waals surface area contributed by atoms with E-state index in [-0.39, 0.29) is 5.91 Å². The van der Waals surface area contributed by atoms with Gasteiger partial charge in [-0.05, 0) is 24.1 Å². The first-order chi connectivity index (χ1) is 7.54. The molecular weight excluding hydrogens is 206 g/mol. The SMILES string of the molecule is CCC(C(=O)O)c1ccc(NC(C)=O)cc1. The van der Waals surface area contributed by atoms with Crippen molar-refractivity contribution in [1.82, 2.24) is 0 Å². The van der Waals surface area contributed by atoms with Crippen LogP contribution in [0.4, 0.5) is 5.69 Å². The van der Waals surface area contributed by atoms with E-state index in [4.69, 9.17) is 5.11 Å². The minimum Gasteiger partial charge on any atom is -0.481 e. The number of hydrogen-bond acceptors (Lipinski definition) is 2. The van der Waals surface area contributed by atoms with Crippen LogP contribution in [0, 0.1) is 0 Å². The molecule has 0 spiro atoms. The van der Waals surface area contributed by atoms with Crippen LogP contribution in [-0.4, -0.2) is 17.0 Å². The van der Waals surface area contributed by atoms with E-state index in [9.17, 15) is 9.59 Å². The highest BCUT2D eigenvalue weighted by Crippen LogP contribution is 2.21. The number of amides is 1. The summed E-state index contributed by atoms with van der Waals surface area (Å²) in [5.41, 5.74) is 1.43. The Morgan fingerprint density at radius 2 is 1.88 bits per heavy atom. The van der Waals surface area contributed by atoms with Gasteiger partial charge in [-0.3, -0.25) is 9.59 Å². The highest BCUT2D eigenvalue weighted by molar-refractivity contribution is 5.88. The standard InChI is InChI=1S/C12H15NO3/c1-3-11(12(15)16)9-4-6-10(7-5-9)13-8(2)14/h4-7,11H,3H2,1-2H3,(H,13,14)(H,15,16). The van der Waals surface area contributed by atoms with Crippen LogP contribution in [0.5, 0.6) is 0 Å². The lowest BCUT2D eigenvalue weighted by atomic mass is 9.96. The third kappa shape index (κ3) is 3.08. The summed E-state index contributed by atoms with van der Waals surface area (Å²) in [6.07, 6.45) is 0.550. The summed E-state index contributed by atoms with van der Waals surface area (Å²) in [5, 5.41) is 11.6. The van der Waals surface area contributed by atoms with Gasteiger partial charge in [0.15, 0.2) is 0 Å². The summed E-state index contributed by atoms with van der Waals surface area (Å²) in [7, 11) is 0. The fourth-order valence-corrected chi connectivity index (χ4v) is 1.55. The van der Waals surface area contributed by atoms with Crippen molar-refractivity contribution in [2.45, 2.75) is 26.2 Å². The molecule has 0 aliphatic rings. The number of anilines is 1. The lowest BCUT2D eigenvalue weighted by Gasteiger charge is -2.10. The molecule has 0 saturated carbocycles. The van der Waals surface area contributed by atoms with E-state index in [1.54, 1.807) is 24.3 Å². The van der Waals surface area contributed by atoms with Crippen molar-refractivity contribution in [1.29, 1.82) is 0 Å². The molecule has 0 aromatic heterocycles. The molecule has 86 valence electrons. The molecule has 1 rings (SSSR count). The van der Waals surface area contributed by atoms with Crippen LogP contribution in [0.3, 0.4) is 0 Å². The van der Waals surface area contributed by atoms with Crippen molar-refractivity contribution in [3.8, 4) is 0 Å². The first kappa shape index (κ1) is 12.2.